The molecule has 17 heavy (non-hydrogen) atoms. The molecule has 0 amide bonds. The average Bonchev–Trinajstić information content (AvgIpc) is 2.82. The maximum Gasteiger partial charge on any atom is 0.434 e. The van der Waals surface area contributed by atoms with Crippen LogP contribution in [0.2, 0.25) is 5.02 Å². The van der Waals surface area contributed by atoms with E-state index in [0.29, 0.717) is 5.69 Å². The second kappa shape index (κ2) is 4.04. The topological polar surface area (TPSA) is 80.7 Å². The van der Waals surface area contributed by atoms with Gasteiger partial charge in [-0.2, -0.15) is 18.3 Å². The summed E-state index contributed by atoms with van der Waals surface area (Å²) in [6.45, 7) is 0.109. The molecule has 0 spiro atoms. The summed E-state index contributed by atoms with van der Waals surface area (Å²) in [5.74, 6) is -0.109. The summed E-state index contributed by atoms with van der Waals surface area (Å²) in [7, 11) is 0. The Labute approximate surface area is 97.8 Å². The molecule has 0 aliphatic heterocycles. The highest BCUT2D eigenvalue weighted by Crippen LogP contribution is 2.37. The van der Waals surface area contributed by atoms with Crippen molar-refractivity contribution in [3.8, 4) is 11.6 Å². The van der Waals surface area contributed by atoms with Gasteiger partial charge in [0.05, 0.1) is 5.69 Å². The van der Waals surface area contributed by atoms with E-state index >= 15 is 0 Å². The quantitative estimate of drug-likeness (QED) is 0.873. The van der Waals surface area contributed by atoms with E-state index in [1.54, 1.807) is 5.10 Å². The number of halogens is 4. The Kier molecular flexibility index (Phi) is 2.84. The van der Waals surface area contributed by atoms with Crippen LogP contribution in [-0.2, 0) is 12.7 Å². The maximum atomic E-state index is 12.4. The number of alkyl halides is 3. The van der Waals surface area contributed by atoms with Gasteiger partial charge < -0.3 is 10.2 Å². The molecule has 0 saturated heterocycles. The zero-order chi connectivity index (χ0) is 12.6. The maximum absolute atomic E-state index is 12.4. The van der Waals surface area contributed by atoms with Crippen molar-refractivity contribution in [2.45, 2.75) is 12.7 Å². The molecule has 3 N–H and O–H groups in total. The van der Waals surface area contributed by atoms with E-state index in [2.05, 4.69) is 10.1 Å². The third-order valence-electron chi connectivity index (χ3n) is 1.95. The highest BCUT2D eigenvalue weighted by molar-refractivity contribution is 6.33. The van der Waals surface area contributed by atoms with E-state index in [-0.39, 0.29) is 18.1 Å². The number of hydrogen-bond donors (Lipinski definition) is 2. The van der Waals surface area contributed by atoms with Crippen LogP contribution in [0.5, 0.6) is 0 Å². The van der Waals surface area contributed by atoms with Crippen LogP contribution in [0.3, 0.4) is 0 Å². The number of aromatic amines is 1. The van der Waals surface area contributed by atoms with Crippen molar-refractivity contribution in [3.63, 3.8) is 0 Å². The van der Waals surface area contributed by atoms with E-state index in [9.17, 15) is 13.2 Å². The van der Waals surface area contributed by atoms with Crippen LogP contribution < -0.4 is 5.73 Å². The minimum absolute atomic E-state index is 0.109. The van der Waals surface area contributed by atoms with Gasteiger partial charge in [-0.1, -0.05) is 11.6 Å². The predicted octanol–water partition coefficient (Wildman–Crippen LogP) is 2.20. The lowest BCUT2D eigenvalue weighted by Crippen LogP contribution is -2.05. The Bertz CT molecular complexity index is 533. The highest BCUT2D eigenvalue weighted by atomic mass is 35.5. The normalized spacial score (nSPS) is 12.1. The van der Waals surface area contributed by atoms with Crippen LogP contribution in [-0.4, -0.2) is 15.2 Å². The SMILES string of the molecule is NCc1coc(-c2n[nH]c(C(F)(F)F)c2Cl)n1. The van der Waals surface area contributed by atoms with Gasteiger partial charge in [0.15, 0.2) is 11.4 Å². The molecule has 0 bridgehead atoms. The van der Waals surface area contributed by atoms with Gasteiger partial charge in [0.25, 0.3) is 0 Å². The minimum atomic E-state index is -4.61. The van der Waals surface area contributed by atoms with Gasteiger partial charge in [-0.05, 0) is 0 Å². The monoisotopic (exact) mass is 266 g/mol. The number of nitrogens with two attached hydrogens (primary N) is 1. The summed E-state index contributed by atoms with van der Waals surface area (Å²) >= 11 is 5.55. The lowest BCUT2D eigenvalue weighted by atomic mass is 10.3. The lowest BCUT2D eigenvalue weighted by Gasteiger charge is -2.01. The molecular weight excluding hydrogens is 261 g/mol. The molecule has 0 aliphatic carbocycles. The van der Waals surface area contributed by atoms with E-state index < -0.39 is 16.9 Å². The summed E-state index contributed by atoms with van der Waals surface area (Å²) in [6.07, 6.45) is -3.38. The summed E-state index contributed by atoms with van der Waals surface area (Å²) in [5, 5.41) is 4.65. The smallest absolute Gasteiger partial charge is 0.434 e. The van der Waals surface area contributed by atoms with Crippen molar-refractivity contribution in [3.05, 3.63) is 22.7 Å². The van der Waals surface area contributed by atoms with Crippen LogP contribution in [0.25, 0.3) is 11.6 Å². The first-order valence-electron chi connectivity index (χ1n) is 4.39. The Hall–Kier alpha value is -1.54. The molecule has 2 heterocycles. The molecule has 2 rings (SSSR count). The van der Waals surface area contributed by atoms with Gasteiger partial charge in [-0.3, -0.25) is 5.10 Å². The molecule has 0 radical (unpaired) electrons. The van der Waals surface area contributed by atoms with Crippen molar-refractivity contribution in [2.75, 3.05) is 0 Å². The van der Waals surface area contributed by atoms with Crippen LogP contribution in [0.1, 0.15) is 11.4 Å². The summed E-state index contributed by atoms with van der Waals surface area (Å²) in [4.78, 5) is 3.83. The second-order valence-electron chi connectivity index (χ2n) is 3.11. The minimum Gasteiger partial charge on any atom is -0.443 e. The predicted molar refractivity (Wildman–Crippen MR) is 52.0 cm³/mol. The fraction of sp³-hybridized carbons (Fsp3) is 0.250. The van der Waals surface area contributed by atoms with Crippen molar-refractivity contribution in [2.24, 2.45) is 5.73 Å². The first kappa shape index (κ1) is 11.9. The van der Waals surface area contributed by atoms with E-state index in [0.717, 1.165) is 0 Å². The summed E-state index contributed by atoms with van der Waals surface area (Å²) in [6, 6.07) is 0. The van der Waals surface area contributed by atoms with Gasteiger partial charge in [0, 0.05) is 6.54 Å². The number of hydrogen-bond acceptors (Lipinski definition) is 4. The van der Waals surface area contributed by atoms with Gasteiger partial charge in [0.2, 0.25) is 5.89 Å². The van der Waals surface area contributed by atoms with Crippen molar-refractivity contribution >= 4 is 11.6 Å². The summed E-state index contributed by atoms with van der Waals surface area (Å²) in [5.41, 5.74) is 4.35. The van der Waals surface area contributed by atoms with Gasteiger partial charge in [-0.15, -0.1) is 0 Å². The Morgan fingerprint density at radius 3 is 2.65 bits per heavy atom. The van der Waals surface area contributed by atoms with Crippen LogP contribution >= 0.6 is 11.6 Å². The molecule has 0 saturated carbocycles. The molecule has 0 fully saturated rings. The number of aromatic nitrogens is 3. The lowest BCUT2D eigenvalue weighted by molar-refractivity contribution is -0.141. The Morgan fingerprint density at radius 2 is 2.18 bits per heavy atom. The van der Waals surface area contributed by atoms with Gasteiger partial charge in [0.1, 0.15) is 11.3 Å². The molecule has 2 aromatic rings. The first-order valence-corrected chi connectivity index (χ1v) is 4.77. The zero-order valence-electron chi connectivity index (χ0n) is 8.18. The molecule has 9 heteroatoms. The second-order valence-corrected chi connectivity index (χ2v) is 3.49. The number of rotatable bonds is 2. The number of H-pyrrole nitrogens is 1. The molecule has 0 unspecified atom stereocenters. The fourth-order valence-corrected chi connectivity index (χ4v) is 1.44. The highest BCUT2D eigenvalue weighted by Gasteiger charge is 2.37. The number of nitrogens with zero attached hydrogens (tertiary/aromatic N) is 2. The Morgan fingerprint density at radius 1 is 1.47 bits per heavy atom. The van der Waals surface area contributed by atoms with E-state index in [1.807, 2.05) is 0 Å². The zero-order valence-corrected chi connectivity index (χ0v) is 8.93. The van der Waals surface area contributed by atoms with Crippen LogP contribution in [0, 0.1) is 0 Å². The average molecular weight is 267 g/mol. The van der Waals surface area contributed by atoms with E-state index in [4.69, 9.17) is 21.8 Å². The van der Waals surface area contributed by atoms with Gasteiger partial charge >= 0.3 is 6.18 Å². The van der Waals surface area contributed by atoms with Crippen molar-refractivity contribution in [1.82, 2.24) is 15.2 Å². The largest absolute Gasteiger partial charge is 0.443 e. The molecule has 5 nitrogen and oxygen atoms in total. The standard InChI is InChI=1S/C8H6ClF3N4O/c9-4-5(7-14-3(1-13)2-17-7)15-16-6(4)8(10,11)12/h2H,1,13H2,(H,15,16). The molecule has 0 aliphatic rings. The third kappa shape index (κ3) is 2.13. The van der Waals surface area contributed by atoms with Crippen LogP contribution in [0.4, 0.5) is 13.2 Å². The van der Waals surface area contributed by atoms with Crippen molar-refractivity contribution < 1.29 is 17.6 Å². The third-order valence-corrected chi connectivity index (χ3v) is 2.32. The molecule has 0 atom stereocenters. The summed E-state index contributed by atoms with van der Waals surface area (Å²) < 4.78 is 42.2. The fourth-order valence-electron chi connectivity index (χ4n) is 1.17. The molecule has 2 aromatic heterocycles. The Balaban J connectivity index is 2.44. The van der Waals surface area contributed by atoms with Crippen LogP contribution in [0.15, 0.2) is 10.7 Å². The molecular formula is C8H6ClF3N4O. The number of nitrogens with one attached hydrogen (secondary N) is 1. The molecule has 92 valence electrons. The van der Waals surface area contributed by atoms with Crippen molar-refractivity contribution in [1.29, 1.82) is 0 Å². The molecule has 0 aromatic carbocycles. The first-order chi connectivity index (χ1) is 7.93. The van der Waals surface area contributed by atoms with Gasteiger partial charge in [-0.25, -0.2) is 4.98 Å². The van der Waals surface area contributed by atoms with E-state index in [1.165, 1.54) is 6.26 Å². The number of oxazole rings is 1.